The van der Waals surface area contributed by atoms with Gasteiger partial charge in [0.1, 0.15) is 12.3 Å². The number of nitrogens with one attached hydrogen (secondary N) is 2. The lowest BCUT2D eigenvalue weighted by Crippen LogP contribution is -2.41. The van der Waals surface area contributed by atoms with Crippen LogP contribution >= 0.6 is 11.3 Å². The molecule has 0 saturated heterocycles. The molecule has 122 valence electrons. The van der Waals surface area contributed by atoms with Gasteiger partial charge in [-0.05, 0) is 53.1 Å². The molecule has 2 N–H and O–H groups in total. The maximum absolute atomic E-state index is 12.3. The van der Waals surface area contributed by atoms with Crippen LogP contribution in [0.25, 0.3) is 11.1 Å². The molecule has 0 unspecified atom stereocenters. The van der Waals surface area contributed by atoms with Gasteiger partial charge in [0.15, 0.2) is 0 Å². The fraction of sp³-hybridized carbons (Fsp3) is 0.111. The van der Waals surface area contributed by atoms with Gasteiger partial charge in [-0.2, -0.15) is 11.3 Å². The number of anilines is 1. The zero-order valence-corrected chi connectivity index (χ0v) is 13.8. The highest BCUT2D eigenvalue weighted by atomic mass is 32.1. The largest absolute Gasteiger partial charge is 0.472 e. The van der Waals surface area contributed by atoms with Gasteiger partial charge < -0.3 is 15.1 Å². The zero-order chi connectivity index (χ0) is 16.9. The topological polar surface area (TPSA) is 71.3 Å². The Bertz CT molecular complexity index is 826. The SMILES string of the molecule is C[C@@H](NC(=O)c1ccoc1)C(=O)Nc1cccc(-c2ccsc2)c1. The number of hydrogen-bond donors (Lipinski definition) is 2. The van der Waals surface area contributed by atoms with Crippen molar-refractivity contribution in [3.63, 3.8) is 0 Å². The number of hydrogen-bond acceptors (Lipinski definition) is 4. The number of amides is 2. The molecule has 3 rings (SSSR count). The van der Waals surface area contributed by atoms with Crippen LogP contribution in [0, 0.1) is 0 Å². The van der Waals surface area contributed by atoms with Crippen LogP contribution in [0.4, 0.5) is 5.69 Å². The summed E-state index contributed by atoms with van der Waals surface area (Å²) in [6.07, 6.45) is 2.75. The molecule has 0 aliphatic carbocycles. The average molecular weight is 340 g/mol. The number of furan rings is 1. The second kappa shape index (κ2) is 7.14. The molecule has 3 aromatic rings. The summed E-state index contributed by atoms with van der Waals surface area (Å²) in [6.45, 7) is 1.63. The minimum atomic E-state index is -0.669. The van der Waals surface area contributed by atoms with Gasteiger partial charge in [0.05, 0.1) is 11.8 Å². The predicted octanol–water partition coefficient (Wildman–Crippen LogP) is 3.77. The first-order chi connectivity index (χ1) is 11.6. The fourth-order valence-corrected chi connectivity index (χ4v) is 2.86. The molecular weight excluding hydrogens is 324 g/mol. The van der Waals surface area contributed by atoms with Gasteiger partial charge in [0.25, 0.3) is 5.91 Å². The summed E-state index contributed by atoms with van der Waals surface area (Å²) in [5.41, 5.74) is 3.21. The number of thiophene rings is 1. The van der Waals surface area contributed by atoms with Crippen molar-refractivity contribution in [1.29, 1.82) is 0 Å². The quantitative estimate of drug-likeness (QED) is 0.743. The number of carbonyl (C=O) groups is 2. The minimum Gasteiger partial charge on any atom is -0.472 e. The van der Waals surface area contributed by atoms with Crippen LogP contribution in [0.5, 0.6) is 0 Å². The zero-order valence-electron chi connectivity index (χ0n) is 13.0. The highest BCUT2D eigenvalue weighted by Gasteiger charge is 2.17. The predicted molar refractivity (Wildman–Crippen MR) is 94.0 cm³/mol. The summed E-state index contributed by atoms with van der Waals surface area (Å²) >= 11 is 1.62. The van der Waals surface area contributed by atoms with E-state index in [9.17, 15) is 9.59 Å². The van der Waals surface area contributed by atoms with Crippen LogP contribution in [-0.4, -0.2) is 17.9 Å². The van der Waals surface area contributed by atoms with E-state index in [0.717, 1.165) is 11.1 Å². The van der Waals surface area contributed by atoms with Crippen molar-refractivity contribution in [2.24, 2.45) is 0 Å². The van der Waals surface area contributed by atoms with E-state index in [0.29, 0.717) is 11.3 Å². The van der Waals surface area contributed by atoms with E-state index >= 15 is 0 Å². The summed E-state index contributed by atoms with van der Waals surface area (Å²) in [6, 6.07) is 10.5. The van der Waals surface area contributed by atoms with Crippen molar-refractivity contribution in [2.45, 2.75) is 13.0 Å². The van der Waals surface area contributed by atoms with Crippen molar-refractivity contribution in [3.05, 3.63) is 65.2 Å². The van der Waals surface area contributed by atoms with Crippen molar-refractivity contribution in [2.75, 3.05) is 5.32 Å². The van der Waals surface area contributed by atoms with Gasteiger partial charge in [0, 0.05) is 5.69 Å². The standard InChI is InChI=1S/C18H16N2O3S/c1-12(19-18(22)14-5-7-23-10-14)17(21)20-16-4-2-3-13(9-16)15-6-8-24-11-15/h2-12H,1H3,(H,19,22)(H,20,21)/t12-/m1/s1. The molecule has 0 radical (unpaired) electrons. The monoisotopic (exact) mass is 340 g/mol. The summed E-state index contributed by atoms with van der Waals surface area (Å²) in [5.74, 6) is -0.632. The third-order valence-corrected chi connectivity index (χ3v) is 4.19. The molecule has 2 amide bonds. The first kappa shape index (κ1) is 16.0. The van der Waals surface area contributed by atoms with Crippen molar-refractivity contribution in [3.8, 4) is 11.1 Å². The van der Waals surface area contributed by atoms with E-state index in [1.807, 2.05) is 35.7 Å². The van der Waals surface area contributed by atoms with Gasteiger partial charge in [-0.1, -0.05) is 12.1 Å². The molecule has 0 saturated carbocycles. The van der Waals surface area contributed by atoms with E-state index in [2.05, 4.69) is 16.0 Å². The number of carbonyl (C=O) groups excluding carboxylic acids is 2. The maximum atomic E-state index is 12.3. The Morgan fingerprint density at radius 3 is 2.75 bits per heavy atom. The highest BCUT2D eigenvalue weighted by molar-refractivity contribution is 7.08. The van der Waals surface area contributed by atoms with Gasteiger partial charge in [-0.15, -0.1) is 0 Å². The van der Waals surface area contributed by atoms with Crippen LogP contribution < -0.4 is 10.6 Å². The Labute approximate surface area is 143 Å². The van der Waals surface area contributed by atoms with Crippen molar-refractivity contribution in [1.82, 2.24) is 5.32 Å². The molecule has 5 nitrogen and oxygen atoms in total. The molecule has 0 aliphatic heterocycles. The van der Waals surface area contributed by atoms with Crippen LogP contribution in [0.1, 0.15) is 17.3 Å². The molecule has 0 spiro atoms. The molecule has 2 aromatic heterocycles. The Kier molecular flexibility index (Phi) is 4.77. The molecular formula is C18H16N2O3S. The Hall–Kier alpha value is -2.86. The Morgan fingerprint density at radius 2 is 2.04 bits per heavy atom. The van der Waals surface area contributed by atoms with Crippen molar-refractivity contribution >= 4 is 28.8 Å². The lowest BCUT2D eigenvalue weighted by atomic mass is 10.1. The first-order valence-electron chi connectivity index (χ1n) is 7.40. The number of rotatable bonds is 5. The van der Waals surface area contributed by atoms with E-state index in [-0.39, 0.29) is 11.8 Å². The molecule has 2 heterocycles. The van der Waals surface area contributed by atoms with Crippen LogP contribution in [0.3, 0.4) is 0 Å². The Balaban J connectivity index is 1.64. The maximum Gasteiger partial charge on any atom is 0.255 e. The normalized spacial score (nSPS) is 11.7. The second-order valence-electron chi connectivity index (χ2n) is 5.29. The lowest BCUT2D eigenvalue weighted by Gasteiger charge is -2.14. The van der Waals surface area contributed by atoms with Gasteiger partial charge >= 0.3 is 0 Å². The van der Waals surface area contributed by atoms with Crippen LogP contribution in [0.15, 0.2) is 64.1 Å². The average Bonchev–Trinajstić information content (AvgIpc) is 3.28. The van der Waals surface area contributed by atoms with E-state index in [4.69, 9.17) is 4.42 Å². The molecule has 0 bridgehead atoms. The Morgan fingerprint density at radius 1 is 1.17 bits per heavy atom. The molecule has 24 heavy (non-hydrogen) atoms. The van der Waals surface area contributed by atoms with Gasteiger partial charge in [0.2, 0.25) is 5.91 Å². The van der Waals surface area contributed by atoms with E-state index in [1.165, 1.54) is 12.5 Å². The molecule has 0 fully saturated rings. The van der Waals surface area contributed by atoms with E-state index in [1.54, 1.807) is 24.3 Å². The minimum absolute atomic E-state index is 0.283. The molecule has 1 atom stereocenters. The van der Waals surface area contributed by atoms with Gasteiger partial charge in [-0.25, -0.2) is 0 Å². The smallest absolute Gasteiger partial charge is 0.255 e. The summed E-state index contributed by atoms with van der Waals surface area (Å²) in [7, 11) is 0. The molecule has 1 aromatic carbocycles. The molecule has 0 aliphatic rings. The van der Waals surface area contributed by atoms with Crippen LogP contribution in [-0.2, 0) is 4.79 Å². The highest BCUT2D eigenvalue weighted by Crippen LogP contribution is 2.24. The third-order valence-electron chi connectivity index (χ3n) is 3.51. The summed E-state index contributed by atoms with van der Waals surface area (Å²) < 4.78 is 4.86. The second-order valence-corrected chi connectivity index (χ2v) is 6.07. The van der Waals surface area contributed by atoms with Crippen molar-refractivity contribution < 1.29 is 14.0 Å². The third kappa shape index (κ3) is 3.72. The number of benzene rings is 1. The van der Waals surface area contributed by atoms with E-state index < -0.39 is 6.04 Å². The lowest BCUT2D eigenvalue weighted by molar-refractivity contribution is -0.117. The summed E-state index contributed by atoms with van der Waals surface area (Å²) in [4.78, 5) is 24.2. The molecule has 6 heteroatoms. The van der Waals surface area contributed by atoms with Crippen LogP contribution in [0.2, 0.25) is 0 Å². The summed E-state index contributed by atoms with van der Waals surface area (Å²) in [5, 5.41) is 9.51. The van der Waals surface area contributed by atoms with Gasteiger partial charge in [-0.3, -0.25) is 9.59 Å². The first-order valence-corrected chi connectivity index (χ1v) is 8.34. The fourth-order valence-electron chi connectivity index (χ4n) is 2.19.